The number of ether oxygens (including phenoxy) is 3. The summed E-state index contributed by atoms with van der Waals surface area (Å²) < 4.78 is 16.6. The van der Waals surface area contributed by atoms with Crippen LogP contribution >= 0.6 is 24.0 Å². The minimum absolute atomic E-state index is 0.0581. The fourth-order valence-corrected chi connectivity index (χ4v) is 4.54. The Morgan fingerprint density at radius 3 is 2.61 bits per heavy atom. The Labute approximate surface area is 174 Å². The Balaban J connectivity index is 2.12. The molecule has 1 aliphatic heterocycles. The van der Waals surface area contributed by atoms with Gasteiger partial charge >= 0.3 is 5.97 Å². The topological polar surface area (TPSA) is 65.1 Å². The molecule has 2 rings (SSSR count). The summed E-state index contributed by atoms with van der Waals surface area (Å²) in [5.74, 6) is 3.63. The molecule has 28 heavy (non-hydrogen) atoms. The molecule has 0 amide bonds. The van der Waals surface area contributed by atoms with Gasteiger partial charge in [-0.2, -0.15) is 0 Å². The molecule has 1 aromatic rings. The van der Waals surface area contributed by atoms with Gasteiger partial charge in [0.2, 0.25) is 0 Å². The van der Waals surface area contributed by atoms with Crippen LogP contribution in [0.4, 0.5) is 0 Å². The predicted molar refractivity (Wildman–Crippen MR) is 113 cm³/mol. The lowest BCUT2D eigenvalue weighted by Gasteiger charge is -2.30. The minimum atomic E-state index is -0.529. The summed E-state index contributed by atoms with van der Waals surface area (Å²) >= 11 is 6.98. The molecule has 1 aromatic carbocycles. The zero-order valence-electron chi connectivity index (χ0n) is 15.9. The number of hydrogen-bond donors (Lipinski definition) is 0. The molecule has 0 aromatic heterocycles. The maximum absolute atomic E-state index is 12.3. The Morgan fingerprint density at radius 1 is 1.32 bits per heavy atom. The van der Waals surface area contributed by atoms with Crippen LogP contribution in [0.3, 0.4) is 0 Å². The van der Waals surface area contributed by atoms with Crippen molar-refractivity contribution in [2.75, 3.05) is 25.6 Å². The third-order valence-electron chi connectivity index (χ3n) is 3.88. The molecule has 0 radical (unpaired) electrons. The summed E-state index contributed by atoms with van der Waals surface area (Å²) in [7, 11) is 0. The van der Waals surface area contributed by atoms with Crippen LogP contribution in [0.25, 0.3) is 0 Å². The molecule has 6 nitrogen and oxygen atoms in total. The number of benzene rings is 1. The fraction of sp³-hybridized carbons (Fsp3) is 0.450. The quantitative estimate of drug-likeness (QED) is 0.343. The third kappa shape index (κ3) is 5.88. The SMILES string of the molecule is C#CCOc1ccccc1OCC1SCC(C(=O)OCC)N1C(=S)CC(C)=O. The van der Waals surface area contributed by atoms with E-state index in [4.69, 9.17) is 32.9 Å². The second-order valence-corrected chi connectivity index (χ2v) is 7.67. The van der Waals surface area contributed by atoms with Crippen molar-refractivity contribution in [3.63, 3.8) is 0 Å². The van der Waals surface area contributed by atoms with E-state index in [1.165, 1.54) is 18.7 Å². The zero-order valence-corrected chi connectivity index (χ0v) is 17.5. The smallest absolute Gasteiger partial charge is 0.329 e. The maximum atomic E-state index is 12.3. The van der Waals surface area contributed by atoms with Gasteiger partial charge in [-0.25, -0.2) is 4.79 Å². The lowest BCUT2D eigenvalue weighted by Crippen LogP contribution is -2.47. The van der Waals surface area contributed by atoms with Crippen LogP contribution in [-0.4, -0.2) is 58.6 Å². The van der Waals surface area contributed by atoms with Crippen LogP contribution in [0.15, 0.2) is 24.3 Å². The molecule has 8 heteroatoms. The van der Waals surface area contributed by atoms with Crippen molar-refractivity contribution in [1.29, 1.82) is 0 Å². The molecule has 150 valence electrons. The van der Waals surface area contributed by atoms with E-state index in [0.717, 1.165) is 0 Å². The molecule has 0 spiro atoms. The number of thiocarbonyl (C=S) groups is 1. The summed E-state index contributed by atoms with van der Waals surface area (Å²) in [5.41, 5.74) is 0. The van der Waals surface area contributed by atoms with Gasteiger partial charge in [-0.1, -0.05) is 30.3 Å². The van der Waals surface area contributed by atoms with E-state index in [0.29, 0.717) is 22.2 Å². The molecular weight excluding hydrogens is 398 g/mol. The van der Waals surface area contributed by atoms with Gasteiger partial charge in [0.15, 0.2) is 11.5 Å². The van der Waals surface area contributed by atoms with Crippen LogP contribution in [0.2, 0.25) is 0 Å². The lowest BCUT2D eigenvalue weighted by molar-refractivity contribution is -0.147. The van der Waals surface area contributed by atoms with Crippen molar-refractivity contribution >= 4 is 40.7 Å². The molecule has 1 saturated heterocycles. The molecule has 0 saturated carbocycles. The normalized spacial score (nSPS) is 18.2. The zero-order chi connectivity index (χ0) is 20.5. The number of carbonyl (C=O) groups excluding carboxylic acids is 2. The highest BCUT2D eigenvalue weighted by Gasteiger charge is 2.41. The second kappa shape index (κ2) is 10.9. The monoisotopic (exact) mass is 421 g/mol. The molecule has 1 heterocycles. The average molecular weight is 422 g/mol. The van der Waals surface area contributed by atoms with E-state index in [9.17, 15) is 9.59 Å². The third-order valence-corrected chi connectivity index (χ3v) is 5.49. The highest BCUT2D eigenvalue weighted by molar-refractivity contribution is 8.00. The molecule has 2 unspecified atom stereocenters. The predicted octanol–water partition coefficient (Wildman–Crippen LogP) is 2.69. The minimum Gasteiger partial charge on any atom is -0.487 e. The highest BCUT2D eigenvalue weighted by Crippen LogP contribution is 2.33. The number of para-hydroxylation sites is 2. The number of carbonyl (C=O) groups is 2. The van der Waals surface area contributed by atoms with Crippen molar-refractivity contribution in [3.05, 3.63) is 24.3 Å². The summed E-state index contributed by atoms with van der Waals surface area (Å²) in [5, 5.41) is -0.220. The molecule has 1 aliphatic rings. The first kappa shape index (κ1) is 22.1. The number of ketones is 1. The lowest BCUT2D eigenvalue weighted by atomic mass is 10.2. The average Bonchev–Trinajstić information content (AvgIpc) is 3.09. The van der Waals surface area contributed by atoms with Gasteiger partial charge in [-0.15, -0.1) is 18.2 Å². The Bertz CT molecular complexity index is 761. The summed E-state index contributed by atoms with van der Waals surface area (Å²) in [6.07, 6.45) is 5.35. The maximum Gasteiger partial charge on any atom is 0.329 e. The standard InChI is InChI=1S/C20H23NO5S2/c1-4-10-25-16-8-6-7-9-17(16)26-12-19-21(18(27)11-14(3)22)15(13-28-19)20(23)24-5-2/h1,6-9,15,19H,5,10-13H2,2-3H3. The number of esters is 1. The van der Waals surface area contributed by atoms with Crippen LogP contribution in [0.5, 0.6) is 11.5 Å². The van der Waals surface area contributed by atoms with E-state index in [-0.39, 0.29) is 43.4 Å². The van der Waals surface area contributed by atoms with Crippen molar-refractivity contribution in [1.82, 2.24) is 4.90 Å². The van der Waals surface area contributed by atoms with Crippen LogP contribution in [0.1, 0.15) is 20.3 Å². The van der Waals surface area contributed by atoms with Crippen molar-refractivity contribution < 1.29 is 23.8 Å². The van der Waals surface area contributed by atoms with E-state index in [2.05, 4.69) is 5.92 Å². The second-order valence-electron chi connectivity index (χ2n) is 5.99. The Morgan fingerprint density at radius 2 is 2.00 bits per heavy atom. The molecule has 2 atom stereocenters. The van der Waals surface area contributed by atoms with Crippen LogP contribution in [0, 0.1) is 12.3 Å². The Hall–Kier alpha value is -2.24. The van der Waals surface area contributed by atoms with Gasteiger partial charge in [-0.05, 0) is 26.0 Å². The first-order chi connectivity index (χ1) is 13.5. The van der Waals surface area contributed by atoms with Gasteiger partial charge < -0.3 is 19.1 Å². The van der Waals surface area contributed by atoms with Gasteiger partial charge in [0, 0.05) is 5.75 Å². The summed E-state index contributed by atoms with van der Waals surface area (Å²) in [4.78, 5) is 26.1. The number of thioether (sulfide) groups is 1. The van der Waals surface area contributed by atoms with Crippen molar-refractivity contribution in [2.24, 2.45) is 0 Å². The van der Waals surface area contributed by atoms with Gasteiger partial charge in [0.25, 0.3) is 0 Å². The largest absolute Gasteiger partial charge is 0.487 e. The fourth-order valence-electron chi connectivity index (χ4n) is 2.72. The van der Waals surface area contributed by atoms with Gasteiger partial charge in [-0.3, -0.25) is 4.79 Å². The summed E-state index contributed by atoms with van der Waals surface area (Å²) in [6, 6.07) is 6.69. The molecule has 0 N–H and O–H groups in total. The molecular formula is C20H23NO5S2. The number of Topliss-reactive ketones (excluding diaryl/α,β-unsaturated/α-hetero) is 1. The van der Waals surface area contributed by atoms with E-state index in [1.54, 1.807) is 24.0 Å². The van der Waals surface area contributed by atoms with Gasteiger partial charge in [0.1, 0.15) is 30.4 Å². The number of terminal acetylenes is 1. The van der Waals surface area contributed by atoms with Crippen molar-refractivity contribution in [2.45, 2.75) is 31.7 Å². The number of rotatable bonds is 9. The van der Waals surface area contributed by atoms with Crippen LogP contribution in [-0.2, 0) is 14.3 Å². The number of hydrogen-bond acceptors (Lipinski definition) is 7. The Kier molecular flexibility index (Phi) is 8.61. The van der Waals surface area contributed by atoms with E-state index < -0.39 is 6.04 Å². The van der Waals surface area contributed by atoms with Gasteiger partial charge in [0.05, 0.1) is 18.0 Å². The van der Waals surface area contributed by atoms with E-state index in [1.807, 2.05) is 12.1 Å². The molecule has 0 aliphatic carbocycles. The number of nitrogens with zero attached hydrogens (tertiary/aromatic N) is 1. The highest BCUT2D eigenvalue weighted by atomic mass is 32.2. The van der Waals surface area contributed by atoms with E-state index >= 15 is 0 Å². The molecule has 0 bridgehead atoms. The first-order valence-corrected chi connectivity index (χ1v) is 10.3. The van der Waals surface area contributed by atoms with Crippen LogP contribution < -0.4 is 9.47 Å². The molecule has 1 fully saturated rings. The summed E-state index contributed by atoms with van der Waals surface area (Å²) in [6.45, 7) is 3.91. The first-order valence-electron chi connectivity index (χ1n) is 8.84. The van der Waals surface area contributed by atoms with Crippen molar-refractivity contribution in [3.8, 4) is 23.8 Å².